The van der Waals surface area contributed by atoms with Crippen molar-refractivity contribution in [2.24, 2.45) is 0 Å². The molecular formula is C8H8FNO2. The monoisotopic (exact) mass is 169 g/mol. The second kappa shape index (κ2) is 3.30. The molecule has 0 aliphatic carbocycles. The highest BCUT2D eigenvalue weighted by Crippen LogP contribution is 2.07. The van der Waals surface area contributed by atoms with E-state index in [1.54, 1.807) is 6.92 Å². The van der Waals surface area contributed by atoms with Gasteiger partial charge in [0.2, 0.25) is 0 Å². The SMILES string of the molecule is Cc1cc(CC(=O)O)c(F)cn1. The van der Waals surface area contributed by atoms with E-state index in [1.165, 1.54) is 6.07 Å². The summed E-state index contributed by atoms with van der Waals surface area (Å²) in [5.41, 5.74) is 0.794. The van der Waals surface area contributed by atoms with Crippen LogP contribution in [0.3, 0.4) is 0 Å². The number of nitrogens with zero attached hydrogens (tertiary/aromatic N) is 1. The third-order valence-corrected chi connectivity index (χ3v) is 1.41. The minimum absolute atomic E-state index is 0.176. The Morgan fingerprint density at radius 1 is 1.75 bits per heavy atom. The van der Waals surface area contributed by atoms with Crippen LogP contribution in [0, 0.1) is 12.7 Å². The van der Waals surface area contributed by atoms with E-state index in [0.29, 0.717) is 5.69 Å². The van der Waals surface area contributed by atoms with E-state index in [1.807, 2.05) is 0 Å². The van der Waals surface area contributed by atoms with Crippen LogP contribution in [0.1, 0.15) is 11.3 Å². The van der Waals surface area contributed by atoms with Gasteiger partial charge in [-0.3, -0.25) is 9.78 Å². The maximum Gasteiger partial charge on any atom is 0.307 e. The molecule has 0 amide bonds. The van der Waals surface area contributed by atoms with Crippen molar-refractivity contribution < 1.29 is 14.3 Å². The van der Waals surface area contributed by atoms with Crippen molar-refractivity contribution in [3.8, 4) is 0 Å². The molecule has 0 aromatic carbocycles. The van der Waals surface area contributed by atoms with Crippen LogP contribution in [-0.2, 0) is 11.2 Å². The van der Waals surface area contributed by atoms with Crippen molar-refractivity contribution in [2.75, 3.05) is 0 Å². The van der Waals surface area contributed by atoms with Gasteiger partial charge in [-0.25, -0.2) is 4.39 Å². The molecule has 4 heteroatoms. The summed E-state index contributed by atoms with van der Waals surface area (Å²) in [5.74, 6) is -1.61. The standard InChI is InChI=1S/C8H8FNO2/c1-5-2-6(3-8(11)12)7(9)4-10-5/h2,4H,3H2,1H3,(H,11,12). The van der Waals surface area contributed by atoms with Gasteiger partial charge >= 0.3 is 5.97 Å². The maximum absolute atomic E-state index is 12.8. The van der Waals surface area contributed by atoms with Crippen molar-refractivity contribution in [3.63, 3.8) is 0 Å². The molecule has 0 atom stereocenters. The molecule has 0 unspecified atom stereocenters. The smallest absolute Gasteiger partial charge is 0.307 e. The van der Waals surface area contributed by atoms with Crippen LogP contribution in [0.5, 0.6) is 0 Å². The number of aryl methyl sites for hydroxylation is 1. The fraction of sp³-hybridized carbons (Fsp3) is 0.250. The first-order chi connectivity index (χ1) is 5.59. The second-order valence-corrected chi connectivity index (χ2v) is 2.49. The largest absolute Gasteiger partial charge is 0.481 e. The molecule has 1 heterocycles. The van der Waals surface area contributed by atoms with Crippen molar-refractivity contribution in [2.45, 2.75) is 13.3 Å². The van der Waals surface area contributed by atoms with E-state index in [4.69, 9.17) is 5.11 Å². The Bertz CT molecular complexity index is 312. The average Bonchev–Trinajstić information content (AvgIpc) is 1.96. The number of pyridine rings is 1. The van der Waals surface area contributed by atoms with Crippen LogP contribution in [0.15, 0.2) is 12.3 Å². The first kappa shape index (κ1) is 8.64. The minimum Gasteiger partial charge on any atom is -0.481 e. The summed E-state index contributed by atoms with van der Waals surface area (Å²) in [6.07, 6.45) is 0.739. The average molecular weight is 169 g/mol. The predicted molar refractivity (Wildman–Crippen MR) is 40.3 cm³/mol. The number of hydrogen-bond donors (Lipinski definition) is 1. The first-order valence-corrected chi connectivity index (χ1v) is 3.42. The molecule has 0 saturated heterocycles. The van der Waals surface area contributed by atoms with E-state index in [2.05, 4.69) is 4.98 Å². The van der Waals surface area contributed by atoms with Gasteiger partial charge < -0.3 is 5.11 Å². The lowest BCUT2D eigenvalue weighted by Crippen LogP contribution is -2.03. The number of aliphatic carboxylic acids is 1. The molecule has 0 bridgehead atoms. The van der Waals surface area contributed by atoms with Crippen LogP contribution < -0.4 is 0 Å². The molecule has 12 heavy (non-hydrogen) atoms. The van der Waals surface area contributed by atoms with Gasteiger partial charge in [-0.2, -0.15) is 0 Å². The van der Waals surface area contributed by atoms with E-state index in [9.17, 15) is 9.18 Å². The molecule has 64 valence electrons. The predicted octanol–water partition coefficient (Wildman–Crippen LogP) is 1.16. The molecule has 0 radical (unpaired) electrons. The Morgan fingerprint density at radius 3 is 3.00 bits per heavy atom. The lowest BCUT2D eigenvalue weighted by atomic mass is 10.1. The molecule has 1 N–H and O–H groups in total. The lowest BCUT2D eigenvalue weighted by Gasteiger charge is -1.99. The van der Waals surface area contributed by atoms with Crippen molar-refractivity contribution in [3.05, 3.63) is 29.3 Å². The third kappa shape index (κ3) is 2.02. The van der Waals surface area contributed by atoms with E-state index in [-0.39, 0.29) is 12.0 Å². The highest BCUT2D eigenvalue weighted by molar-refractivity contribution is 5.70. The maximum atomic E-state index is 12.8. The fourth-order valence-electron chi connectivity index (χ4n) is 0.898. The van der Waals surface area contributed by atoms with E-state index < -0.39 is 11.8 Å². The normalized spacial score (nSPS) is 9.83. The Labute approximate surface area is 68.9 Å². The van der Waals surface area contributed by atoms with Crippen molar-refractivity contribution >= 4 is 5.97 Å². The molecule has 1 aromatic heterocycles. The summed E-state index contributed by atoms with van der Waals surface area (Å²) < 4.78 is 12.8. The van der Waals surface area contributed by atoms with Gasteiger partial charge in [-0.1, -0.05) is 0 Å². The number of rotatable bonds is 2. The third-order valence-electron chi connectivity index (χ3n) is 1.41. The van der Waals surface area contributed by atoms with Gasteiger partial charge in [0, 0.05) is 11.3 Å². The van der Waals surface area contributed by atoms with Gasteiger partial charge in [0.25, 0.3) is 0 Å². The Kier molecular flexibility index (Phi) is 2.38. The summed E-state index contributed by atoms with van der Waals surface area (Å²) in [6.45, 7) is 1.69. The Morgan fingerprint density at radius 2 is 2.42 bits per heavy atom. The zero-order chi connectivity index (χ0) is 9.14. The number of carboxylic acid groups (broad SMARTS) is 1. The van der Waals surface area contributed by atoms with Gasteiger partial charge in [-0.05, 0) is 13.0 Å². The first-order valence-electron chi connectivity index (χ1n) is 3.42. The molecule has 0 aliphatic rings. The molecule has 1 aromatic rings. The van der Waals surface area contributed by atoms with Crippen LogP contribution >= 0.6 is 0 Å². The molecule has 0 saturated carbocycles. The summed E-state index contributed by atoms with van der Waals surface area (Å²) >= 11 is 0. The molecule has 1 rings (SSSR count). The second-order valence-electron chi connectivity index (χ2n) is 2.49. The van der Waals surface area contributed by atoms with Crippen molar-refractivity contribution in [1.82, 2.24) is 4.98 Å². The zero-order valence-electron chi connectivity index (χ0n) is 6.54. The number of halogens is 1. The minimum atomic E-state index is -1.04. The Hall–Kier alpha value is -1.45. The fourth-order valence-corrected chi connectivity index (χ4v) is 0.898. The van der Waals surface area contributed by atoms with E-state index in [0.717, 1.165) is 6.20 Å². The summed E-state index contributed by atoms with van der Waals surface area (Å²) in [7, 11) is 0. The van der Waals surface area contributed by atoms with Gasteiger partial charge in [0.1, 0.15) is 5.82 Å². The van der Waals surface area contributed by atoms with Crippen molar-refractivity contribution in [1.29, 1.82) is 0 Å². The topological polar surface area (TPSA) is 50.2 Å². The summed E-state index contributed by atoms with van der Waals surface area (Å²) in [6, 6.07) is 1.43. The summed E-state index contributed by atoms with van der Waals surface area (Å²) in [4.78, 5) is 13.9. The molecule has 0 spiro atoms. The Balaban J connectivity index is 2.97. The highest BCUT2D eigenvalue weighted by Gasteiger charge is 2.06. The zero-order valence-corrected chi connectivity index (χ0v) is 6.54. The molecular weight excluding hydrogens is 161 g/mol. The van der Waals surface area contributed by atoms with Crippen LogP contribution in [0.2, 0.25) is 0 Å². The number of carboxylic acids is 1. The van der Waals surface area contributed by atoms with Gasteiger partial charge in [-0.15, -0.1) is 0 Å². The lowest BCUT2D eigenvalue weighted by molar-refractivity contribution is -0.136. The number of carbonyl (C=O) groups is 1. The van der Waals surface area contributed by atoms with Crippen LogP contribution in [-0.4, -0.2) is 16.1 Å². The molecule has 0 fully saturated rings. The molecule has 0 aliphatic heterocycles. The van der Waals surface area contributed by atoms with Crippen LogP contribution in [0.4, 0.5) is 4.39 Å². The van der Waals surface area contributed by atoms with E-state index >= 15 is 0 Å². The highest BCUT2D eigenvalue weighted by atomic mass is 19.1. The number of hydrogen-bond acceptors (Lipinski definition) is 2. The summed E-state index contributed by atoms with van der Waals surface area (Å²) in [5, 5.41) is 8.40. The molecule has 3 nitrogen and oxygen atoms in total. The quantitative estimate of drug-likeness (QED) is 0.722. The van der Waals surface area contributed by atoms with Gasteiger partial charge in [0.15, 0.2) is 0 Å². The van der Waals surface area contributed by atoms with Crippen LogP contribution in [0.25, 0.3) is 0 Å². The van der Waals surface area contributed by atoms with Gasteiger partial charge in [0.05, 0.1) is 12.6 Å². The number of aromatic nitrogens is 1.